The number of hydrogen-bond acceptors (Lipinski definition) is 10. The van der Waals surface area contributed by atoms with Crippen molar-refractivity contribution >= 4 is 28.5 Å². The van der Waals surface area contributed by atoms with Crippen molar-refractivity contribution in [1.29, 1.82) is 0 Å². The van der Waals surface area contributed by atoms with Gasteiger partial charge in [-0.25, -0.2) is 10.2 Å². The maximum Gasteiger partial charge on any atom is 0.329 e. The number of nitrogens with zero attached hydrogens (tertiary/aromatic N) is 5. The largest absolute Gasteiger partial charge is 0.497 e. The molecule has 4 aromatic rings. The van der Waals surface area contributed by atoms with Gasteiger partial charge in [0.05, 0.1) is 24.3 Å². The molecule has 2 aromatic carbocycles. The fourth-order valence-corrected chi connectivity index (χ4v) is 3.65. The molecule has 0 bridgehead atoms. The molecule has 0 spiro atoms. The van der Waals surface area contributed by atoms with Gasteiger partial charge in [0.1, 0.15) is 24.2 Å². The van der Waals surface area contributed by atoms with Gasteiger partial charge >= 0.3 is 5.69 Å². The van der Waals surface area contributed by atoms with E-state index in [9.17, 15) is 24.8 Å². The highest BCUT2D eigenvalue weighted by Gasteiger charge is 2.20. The van der Waals surface area contributed by atoms with E-state index in [1.54, 1.807) is 50.4 Å². The predicted octanol–water partition coefficient (Wildman–Crippen LogP) is 1.62. The van der Waals surface area contributed by atoms with Gasteiger partial charge in [-0.1, -0.05) is 0 Å². The van der Waals surface area contributed by atoms with Crippen LogP contribution in [0.15, 0.2) is 63.2 Å². The molecule has 4 rings (SSSR count). The van der Waals surface area contributed by atoms with E-state index in [0.29, 0.717) is 22.8 Å². The Morgan fingerprint density at radius 2 is 1.84 bits per heavy atom. The first-order valence-electron chi connectivity index (χ1n) is 11.4. The van der Waals surface area contributed by atoms with E-state index < -0.39 is 22.3 Å². The van der Waals surface area contributed by atoms with Gasteiger partial charge in [0.15, 0.2) is 11.2 Å². The molecule has 0 amide bonds. The Balaban J connectivity index is 1.61. The van der Waals surface area contributed by atoms with E-state index in [0.717, 1.165) is 0 Å². The van der Waals surface area contributed by atoms with Crippen LogP contribution in [0.25, 0.3) is 11.2 Å². The monoisotopic (exact) mass is 523 g/mol. The Bertz CT molecular complexity index is 1600. The summed E-state index contributed by atoms with van der Waals surface area (Å²) in [6.45, 7) is 1.48. The second kappa shape index (κ2) is 11.0. The topological polar surface area (TPSA) is 179 Å². The third-order valence-corrected chi connectivity index (χ3v) is 5.72. The summed E-state index contributed by atoms with van der Waals surface area (Å²) in [5.74, 6) is 1.27. The van der Waals surface area contributed by atoms with Gasteiger partial charge in [-0.15, -0.1) is 0 Å². The number of aromatic amines is 1. The number of ether oxygens (including phenoxy) is 2. The molecular formula is C24H25N7O7. The lowest BCUT2D eigenvalue weighted by Gasteiger charge is -2.15. The number of methoxy groups -OCH3 is 1. The highest BCUT2D eigenvalue weighted by atomic mass is 16.6. The lowest BCUT2D eigenvalue weighted by molar-refractivity contribution is -0.384. The van der Waals surface area contributed by atoms with Crippen molar-refractivity contribution in [2.45, 2.75) is 19.6 Å². The first kappa shape index (κ1) is 26.1. The summed E-state index contributed by atoms with van der Waals surface area (Å²) in [6, 6.07) is 12.7. The molecule has 0 aliphatic rings. The Hall–Kier alpha value is -4.98. The number of aliphatic hydroxyl groups excluding tert-OH is 1. The number of rotatable bonds is 10. The van der Waals surface area contributed by atoms with Gasteiger partial charge < -0.3 is 19.1 Å². The van der Waals surface area contributed by atoms with Crippen molar-refractivity contribution in [2.24, 2.45) is 12.1 Å². The minimum atomic E-state index is -1.06. The quantitative estimate of drug-likeness (QED) is 0.158. The number of aliphatic hydroxyl groups is 1. The summed E-state index contributed by atoms with van der Waals surface area (Å²) < 4.78 is 13.3. The minimum Gasteiger partial charge on any atom is -0.497 e. The van der Waals surface area contributed by atoms with Crippen LogP contribution >= 0.6 is 0 Å². The summed E-state index contributed by atoms with van der Waals surface area (Å²) >= 11 is 0. The fraction of sp³-hybridized carbons (Fsp3) is 0.250. The fourth-order valence-electron chi connectivity index (χ4n) is 3.65. The molecule has 2 aromatic heterocycles. The van der Waals surface area contributed by atoms with Gasteiger partial charge in [-0.2, -0.15) is 10.1 Å². The SMILES string of the molecule is COc1ccc(OC[C@H](O)Cn2c(N/N=C(\C)c3ccc([N+](=O)[O-])cc3)nc3c2c(=O)[nH]c(=O)n3C)cc1. The van der Waals surface area contributed by atoms with E-state index in [2.05, 4.69) is 20.5 Å². The van der Waals surface area contributed by atoms with Crippen molar-refractivity contribution in [3.8, 4) is 11.5 Å². The van der Waals surface area contributed by atoms with Crippen LogP contribution in [0.2, 0.25) is 0 Å². The van der Waals surface area contributed by atoms with Crippen LogP contribution in [-0.2, 0) is 13.6 Å². The lowest BCUT2D eigenvalue weighted by atomic mass is 10.1. The molecule has 0 saturated heterocycles. The van der Waals surface area contributed by atoms with E-state index in [1.807, 2.05) is 0 Å². The number of imidazole rings is 1. The molecule has 1 atom stereocenters. The molecule has 38 heavy (non-hydrogen) atoms. The van der Waals surface area contributed by atoms with Crippen molar-refractivity contribution < 1.29 is 19.5 Å². The molecule has 0 fully saturated rings. The third-order valence-electron chi connectivity index (χ3n) is 5.72. The molecule has 0 aliphatic heterocycles. The Labute approximate surface area is 214 Å². The van der Waals surface area contributed by atoms with Crippen LogP contribution in [0.5, 0.6) is 11.5 Å². The molecule has 14 nitrogen and oxygen atoms in total. The number of benzene rings is 2. The molecule has 14 heteroatoms. The first-order chi connectivity index (χ1) is 18.2. The Kier molecular flexibility index (Phi) is 7.53. The second-order valence-electron chi connectivity index (χ2n) is 8.29. The molecule has 0 radical (unpaired) electrons. The minimum absolute atomic E-state index is 0.0534. The average molecular weight is 524 g/mol. The van der Waals surface area contributed by atoms with Gasteiger partial charge in [-0.3, -0.25) is 24.5 Å². The van der Waals surface area contributed by atoms with E-state index in [-0.39, 0.29) is 36.0 Å². The highest BCUT2D eigenvalue weighted by molar-refractivity contribution is 5.99. The summed E-state index contributed by atoms with van der Waals surface area (Å²) in [6.07, 6.45) is -1.06. The number of nitro benzene ring substituents is 1. The van der Waals surface area contributed by atoms with Crippen LogP contribution in [0, 0.1) is 10.1 Å². The Morgan fingerprint density at radius 3 is 2.47 bits per heavy atom. The zero-order valence-corrected chi connectivity index (χ0v) is 20.7. The maximum atomic E-state index is 12.7. The summed E-state index contributed by atoms with van der Waals surface area (Å²) in [5, 5.41) is 25.9. The van der Waals surface area contributed by atoms with Crippen LogP contribution < -0.4 is 26.1 Å². The zero-order chi connectivity index (χ0) is 27.4. The standard InChI is InChI=1S/C24H25N7O7/c1-14(15-4-6-16(7-5-15)31(35)36)27-28-23-25-21-20(22(33)26-24(34)29(21)2)30(23)12-17(32)13-38-19-10-8-18(37-3)9-11-19/h4-11,17,32H,12-13H2,1-3H3,(H,25,28)(H,26,33,34)/b27-14+/t17-/m1/s1. The normalized spacial score (nSPS) is 12.4. The van der Waals surface area contributed by atoms with Gasteiger partial charge in [0.25, 0.3) is 11.2 Å². The molecule has 3 N–H and O–H groups in total. The van der Waals surface area contributed by atoms with Crippen molar-refractivity contribution in [2.75, 3.05) is 19.1 Å². The lowest BCUT2D eigenvalue weighted by Crippen LogP contribution is -2.30. The highest BCUT2D eigenvalue weighted by Crippen LogP contribution is 2.19. The van der Waals surface area contributed by atoms with Crippen LogP contribution in [0.4, 0.5) is 11.6 Å². The maximum absolute atomic E-state index is 12.7. The van der Waals surface area contributed by atoms with Crippen LogP contribution in [0.1, 0.15) is 12.5 Å². The molecule has 198 valence electrons. The molecule has 0 saturated carbocycles. The second-order valence-corrected chi connectivity index (χ2v) is 8.29. The van der Waals surface area contributed by atoms with Gasteiger partial charge in [-0.05, 0) is 48.9 Å². The number of anilines is 1. The number of nitro groups is 1. The number of hydrogen-bond donors (Lipinski definition) is 3. The van der Waals surface area contributed by atoms with Crippen LogP contribution in [-0.4, -0.2) is 54.7 Å². The number of non-ortho nitro benzene ring substituents is 1. The number of hydrazone groups is 1. The van der Waals surface area contributed by atoms with E-state index >= 15 is 0 Å². The van der Waals surface area contributed by atoms with Crippen molar-refractivity contribution in [3.63, 3.8) is 0 Å². The number of aromatic nitrogens is 4. The number of aryl methyl sites for hydroxylation is 1. The van der Waals surface area contributed by atoms with Gasteiger partial charge in [0.2, 0.25) is 5.95 Å². The number of fused-ring (bicyclic) bond motifs is 1. The molecular weight excluding hydrogens is 498 g/mol. The van der Waals surface area contributed by atoms with Crippen molar-refractivity contribution in [1.82, 2.24) is 19.1 Å². The molecule has 2 heterocycles. The van der Waals surface area contributed by atoms with E-state index in [4.69, 9.17) is 9.47 Å². The molecule has 0 aliphatic carbocycles. The molecule has 0 unspecified atom stereocenters. The van der Waals surface area contributed by atoms with E-state index in [1.165, 1.54) is 28.3 Å². The number of H-pyrrole nitrogens is 1. The Morgan fingerprint density at radius 1 is 1.18 bits per heavy atom. The third kappa shape index (κ3) is 5.54. The number of nitrogens with one attached hydrogen (secondary N) is 2. The average Bonchev–Trinajstić information content (AvgIpc) is 3.28. The smallest absolute Gasteiger partial charge is 0.329 e. The van der Waals surface area contributed by atoms with Crippen LogP contribution in [0.3, 0.4) is 0 Å². The van der Waals surface area contributed by atoms with Crippen molar-refractivity contribution in [3.05, 3.63) is 85.0 Å². The zero-order valence-electron chi connectivity index (χ0n) is 20.7. The summed E-state index contributed by atoms with van der Waals surface area (Å²) in [5.41, 5.74) is 2.64. The van der Waals surface area contributed by atoms with Gasteiger partial charge in [0, 0.05) is 19.2 Å². The predicted molar refractivity (Wildman–Crippen MR) is 139 cm³/mol. The summed E-state index contributed by atoms with van der Waals surface area (Å²) in [7, 11) is 3.01. The summed E-state index contributed by atoms with van der Waals surface area (Å²) in [4.78, 5) is 41.8. The first-order valence-corrected chi connectivity index (χ1v) is 11.4.